The van der Waals surface area contributed by atoms with Gasteiger partial charge in [-0.1, -0.05) is 18.9 Å². The highest BCUT2D eigenvalue weighted by atomic mass is 19.1. The second-order valence-electron chi connectivity index (χ2n) is 8.18. The van der Waals surface area contributed by atoms with Crippen molar-refractivity contribution in [2.75, 3.05) is 0 Å². The van der Waals surface area contributed by atoms with Crippen LogP contribution in [0.1, 0.15) is 50.3 Å². The van der Waals surface area contributed by atoms with Crippen LogP contribution >= 0.6 is 0 Å². The Labute approximate surface area is 181 Å². The lowest BCUT2D eigenvalue weighted by Gasteiger charge is -2.26. The molecule has 9 heteroatoms. The number of halogens is 3. The molecule has 0 saturated heterocycles. The molecule has 0 spiro atoms. The lowest BCUT2D eigenvalue weighted by atomic mass is 9.96. The lowest BCUT2D eigenvalue weighted by molar-refractivity contribution is -0.126. The first kappa shape index (κ1) is 21.9. The maximum absolute atomic E-state index is 14.2. The van der Waals surface area contributed by atoms with Crippen LogP contribution in [0.3, 0.4) is 0 Å². The molecular formula is C23H22F3N3O3. The first-order valence-corrected chi connectivity index (χ1v) is 10.5. The molecule has 6 nitrogen and oxygen atoms in total. The molecule has 1 heterocycles. The average molecular weight is 445 g/mol. The van der Waals surface area contributed by atoms with Crippen LogP contribution in [0.2, 0.25) is 0 Å². The standard InChI is InChI=1S/C23H22F3N3O3/c1-12(16-8-6-15(25)11-18(16)26)27-21(30)20(13-4-2-3-5-13)29-22(31)17-10-14(24)7-9-19(17)28-23(29)32/h6-13,20H,2-5H2,1H3,(H,27,30)(H,28,32). The van der Waals surface area contributed by atoms with Gasteiger partial charge in [0.2, 0.25) is 5.91 Å². The van der Waals surface area contributed by atoms with Crippen LogP contribution in [0.5, 0.6) is 0 Å². The van der Waals surface area contributed by atoms with E-state index >= 15 is 0 Å². The smallest absolute Gasteiger partial charge is 0.329 e. The second-order valence-corrected chi connectivity index (χ2v) is 8.18. The Morgan fingerprint density at radius 1 is 1.06 bits per heavy atom. The van der Waals surface area contributed by atoms with Crippen molar-refractivity contribution < 1.29 is 18.0 Å². The number of amides is 1. The van der Waals surface area contributed by atoms with Crippen LogP contribution in [0.4, 0.5) is 13.2 Å². The molecule has 2 aromatic carbocycles. The van der Waals surface area contributed by atoms with Crippen LogP contribution in [0, 0.1) is 23.4 Å². The van der Waals surface area contributed by atoms with E-state index in [1.54, 1.807) is 0 Å². The van der Waals surface area contributed by atoms with Crippen LogP contribution in [-0.4, -0.2) is 15.5 Å². The van der Waals surface area contributed by atoms with Gasteiger partial charge in [0, 0.05) is 11.6 Å². The third kappa shape index (κ3) is 4.06. The molecule has 3 aromatic rings. The molecule has 1 aliphatic carbocycles. The van der Waals surface area contributed by atoms with Gasteiger partial charge in [-0.25, -0.2) is 22.5 Å². The molecule has 1 fully saturated rings. The summed E-state index contributed by atoms with van der Waals surface area (Å²) in [6.07, 6.45) is 2.94. The van der Waals surface area contributed by atoms with Crippen molar-refractivity contribution in [3.05, 3.63) is 80.3 Å². The predicted molar refractivity (Wildman–Crippen MR) is 113 cm³/mol. The predicted octanol–water partition coefficient (Wildman–Crippen LogP) is 3.72. The van der Waals surface area contributed by atoms with Crippen molar-refractivity contribution >= 4 is 16.8 Å². The van der Waals surface area contributed by atoms with E-state index in [1.807, 2.05) is 0 Å². The van der Waals surface area contributed by atoms with Crippen molar-refractivity contribution in [2.45, 2.75) is 44.7 Å². The first-order chi connectivity index (χ1) is 15.3. The lowest BCUT2D eigenvalue weighted by Crippen LogP contribution is -2.47. The van der Waals surface area contributed by atoms with Crippen LogP contribution in [0.15, 0.2) is 46.0 Å². The highest BCUT2D eigenvalue weighted by Crippen LogP contribution is 2.34. The molecule has 1 aromatic heterocycles. The molecule has 2 atom stereocenters. The third-order valence-corrected chi connectivity index (χ3v) is 6.07. The van der Waals surface area contributed by atoms with E-state index < -0.39 is 46.7 Å². The summed E-state index contributed by atoms with van der Waals surface area (Å²) in [6.45, 7) is 1.53. The average Bonchev–Trinajstić information content (AvgIpc) is 3.25. The largest absolute Gasteiger partial charge is 0.348 e. The molecule has 0 radical (unpaired) electrons. The third-order valence-electron chi connectivity index (χ3n) is 6.07. The van der Waals surface area contributed by atoms with Gasteiger partial charge in [0.05, 0.1) is 16.9 Å². The van der Waals surface area contributed by atoms with Crippen molar-refractivity contribution in [3.8, 4) is 0 Å². The molecule has 0 aliphatic heterocycles. The van der Waals surface area contributed by atoms with Crippen molar-refractivity contribution in [3.63, 3.8) is 0 Å². The van der Waals surface area contributed by atoms with E-state index in [2.05, 4.69) is 10.3 Å². The SMILES string of the molecule is CC(NC(=O)C(C1CCCC1)n1c(=O)[nH]c2ccc(F)cc2c1=O)c1ccc(F)cc1F. The summed E-state index contributed by atoms with van der Waals surface area (Å²) in [4.78, 5) is 41.8. The monoisotopic (exact) mass is 445 g/mol. The fraction of sp³-hybridized carbons (Fsp3) is 0.348. The number of carbonyl (C=O) groups excluding carboxylic acids is 1. The van der Waals surface area contributed by atoms with Gasteiger partial charge >= 0.3 is 5.69 Å². The van der Waals surface area contributed by atoms with Crippen LogP contribution in [-0.2, 0) is 4.79 Å². The van der Waals surface area contributed by atoms with Gasteiger partial charge in [0.1, 0.15) is 23.5 Å². The van der Waals surface area contributed by atoms with Gasteiger partial charge in [0.15, 0.2) is 0 Å². The van der Waals surface area contributed by atoms with E-state index in [0.29, 0.717) is 12.8 Å². The molecule has 32 heavy (non-hydrogen) atoms. The van der Waals surface area contributed by atoms with E-state index in [0.717, 1.165) is 41.7 Å². The summed E-state index contributed by atoms with van der Waals surface area (Å²) in [5.74, 6) is -3.11. The number of nitrogens with one attached hydrogen (secondary N) is 2. The topological polar surface area (TPSA) is 84.0 Å². The Kier molecular flexibility index (Phi) is 5.90. The summed E-state index contributed by atoms with van der Waals surface area (Å²) in [5.41, 5.74) is -1.30. The van der Waals surface area contributed by atoms with Gasteiger partial charge in [-0.2, -0.15) is 0 Å². The number of rotatable bonds is 5. The van der Waals surface area contributed by atoms with Gasteiger partial charge in [-0.3, -0.25) is 9.59 Å². The number of aromatic nitrogens is 2. The van der Waals surface area contributed by atoms with E-state index in [9.17, 15) is 27.6 Å². The Bertz CT molecular complexity index is 1300. The number of H-pyrrole nitrogens is 1. The Morgan fingerprint density at radius 2 is 1.72 bits per heavy atom. The quantitative estimate of drug-likeness (QED) is 0.628. The molecule has 1 saturated carbocycles. The maximum Gasteiger partial charge on any atom is 0.329 e. The minimum absolute atomic E-state index is 0.0435. The summed E-state index contributed by atoms with van der Waals surface area (Å²) >= 11 is 0. The van der Waals surface area contributed by atoms with Crippen molar-refractivity contribution in [1.82, 2.24) is 14.9 Å². The van der Waals surface area contributed by atoms with E-state index in [-0.39, 0.29) is 22.4 Å². The maximum atomic E-state index is 14.2. The molecule has 0 bridgehead atoms. The number of nitrogens with zero attached hydrogens (tertiary/aromatic N) is 1. The molecule has 2 N–H and O–H groups in total. The Morgan fingerprint density at radius 3 is 2.41 bits per heavy atom. The van der Waals surface area contributed by atoms with Crippen molar-refractivity contribution in [2.24, 2.45) is 5.92 Å². The van der Waals surface area contributed by atoms with E-state index in [1.165, 1.54) is 19.1 Å². The van der Waals surface area contributed by atoms with E-state index in [4.69, 9.17) is 0 Å². The number of hydrogen-bond donors (Lipinski definition) is 2. The molecule has 2 unspecified atom stereocenters. The zero-order valence-electron chi connectivity index (χ0n) is 17.3. The molecule has 168 valence electrons. The number of aromatic amines is 1. The summed E-state index contributed by atoms with van der Waals surface area (Å²) in [5, 5.41) is 2.61. The Hall–Kier alpha value is -3.36. The molecule has 1 aliphatic rings. The number of hydrogen-bond acceptors (Lipinski definition) is 3. The number of carbonyl (C=O) groups is 1. The number of benzene rings is 2. The van der Waals surface area contributed by atoms with Gasteiger partial charge < -0.3 is 10.3 Å². The first-order valence-electron chi connectivity index (χ1n) is 10.5. The van der Waals surface area contributed by atoms with Gasteiger partial charge in [-0.05, 0) is 49.9 Å². The number of fused-ring (bicyclic) bond motifs is 1. The second kappa shape index (κ2) is 8.64. The zero-order chi connectivity index (χ0) is 23.0. The summed E-state index contributed by atoms with van der Waals surface area (Å²) in [6, 6.07) is 4.50. The highest BCUT2D eigenvalue weighted by molar-refractivity contribution is 5.82. The fourth-order valence-electron chi connectivity index (χ4n) is 4.50. The van der Waals surface area contributed by atoms with Crippen molar-refractivity contribution in [1.29, 1.82) is 0 Å². The van der Waals surface area contributed by atoms with Crippen LogP contribution in [0.25, 0.3) is 10.9 Å². The summed E-state index contributed by atoms with van der Waals surface area (Å²) in [7, 11) is 0. The summed E-state index contributed by atoms with van der Waals surface area (Å²) < 4.78 is 42.0. The minimum atomic E-state index is -1.15. The molecular weight excluding hydrogens is 423 g/mol. The normalized spacial score (nSPS) is 16.2. The highest BCUT2D eigenvalue weighted by Gasteiger charge is 2.35. The van der Waals surface area contributed by atoms with Gasteiger partial charge in [-0.15, -0.1) is 0 Å². The fourth-order valence-corrected chi connectivity index (χ4v) is 4.50. The molecule has 1 amide bonds. The zero-order valence-corrected chi connectivity index (χ0v) is 17.3. The molecule has 4 rings (SSSR count). The van der Waals surface area contributed by atoms with Gasteiger partial charge in [0.25, 0.3) is 5.56 Å². The van der Waals surface area contributed by atoms with Crippen LogP contribution < -0.4 is 16.6 Å². The Balaban J connectivity index is 1.76. The minimum Gasteiger partial charge on any atom is -0.348 e.